The van der Waals surface area contributed by atoms with E-state index in [0.29, 0.717) is 30.7 Å². The minimum absolute atomic E-state index is 0.260. The summed E-state index contributed by atoms with van der Waals surface area (Å²) in [5.74, 6) is -0.415. The standard InChI is InChI=1S/C19H19N3O3S3/c1-2-11-21-14-7-3-4-9-16(14)27-19(21)20-18(23)15-8-5-12-22(15)28(24,25)17-10-6-13-26-17/h2-4,6-7,9-10,13,15H,1,5,8,11-12H2. The molecular weight excluding hydrogens is 414 g/mol. The Hall–Kier alpha value is -2.07. The number of carbonyl (C=O) groups excluding carboxylic acids is 1. The normalized spacial score (nSPS) is 18.7. The van der Waals surface area contributed by atoms with E-state index in [1.54, 1.807) is 23.6 Å². The van der Waals surface area contributed by atoms with Gasteiger partial charge in [0.15, 0.2) is 4.80 Å². The van der Waals surface area contributed by atoms with Crippen molar-refractivity contribution in [2.45, 2.75) is 29.6 Å². The molecule has 28 heavy (non-hydrogen) atoms. The zero-order valence-electron chi connectivity index (χ0n) is 15.0. The Morgan fingerprint density at radius 3 is 2.86 bits per heavy atom. The molecule has 2 aromatic heterocycles. The molecule has 1 aromatic carbocycles. The Labute approximate surface area is 171 Å². The van der Waals surface area contributed by atoms with Gasteiger partial charge in [-0.3, -0.25) is 4.79 Å². The zero-order chi connectivity index (χ0) is 19.7. The van der Waals surface area contributed by atoms with Crippen LogP contribution in [0.2, 0.25) is 0 Å². The highest BCUT2D eigenvalue weighted by atomic mass is 32.2. The molecule has 1 saturated heterocycles. The zero-order valence-corrected chi connectivity index (χ0v) is 17.5. The van der Waals surface area contributed by atoms with E-state index in [4.69, 9.17) is 0 Å². The third-order valence-corrected chi connectivity index (χ3v) is 8.99. The van der Waals surface area contributed by atoms with Gasteiger partial charge in [-0.05, 0) is 36.4 Å². The van der Waals surface area contributed by atoms with Gasteiger partial charge < -0.3 is 4.57 Å². The largest absolute Gasteiger partial charge is 0.313 e. The highest BCUT2D eigenvalue weighted by Gasteiger charge is 2.39. The van der Waals surface area contributed by atoms with Crippen molar-refractivity contribution >= 4 is 48.8 Å². The van der Waals surface area contributed by atoms with Crippen molar-refractivity contribution in [3.05, 3.63) is 59.2 Å². The van der Waals surface area contributed by atoms with Gasteiger partial charge in [-0.1, -0.05) is 35.6 Å². The Bertz CT molecular complexity index is 1190. The van der Waals surface area contributed by atoms with Crippen LogP contribution in [0.5, 0.6) is 0 Å². The van der Waals surface area contributed by atoms with E-state index in [0.717, 1.165) is 21.6 Å². The van der Waals surface area contributed by atoms with Crippen molar-refractivity contribution in [1.29, 1.82) is 0 Å². The summed E-state index contributed by atoms with van der Waals surface area (Å²) in [7, 11) is -3.68. The number of sulfonamides is 1. The number of benzene rings is 1. The molecule has 1 unspecified atom stereocenters. The van der Waals surface area contributed by atoms with Gasteiger partial charge in [0.2, 0.25) is 0 Å². The van der Waals surface area contributed by atoms with Gasteiger partial charge in [0.25, 0.3) is 15.9 Å². The van der Waals surface area contributed by atoms with Gasteiger partial charge in [0, 0.05) is 13.1 Å². The maximum absolute atomic E-state index is 13.0. The van der Waals surface area contributed by atoms with Gasteiger partial charge in [-0.25, -0.2) is 8.42 Å². The minimum atomic E-state index is -3.68. The number of aromatic nitrogens is 1. The van der Waals surface area contributed by atoms with Gasteiger partial charge in [-0.2, -0.15) is 9.30 Å². The number of allylic oxidation sites excluding steroid dienone is 1. The van der Waals surface area contributed by atoms with Crippen molar-refractivity contribution < 1.29 is 13.2 Å². The maximum atomic E-state index is 13.0. The summed E-state index contributed by atoms with van der Waals surface area (Å²) in [6.07, 6.45) is 2.89. The lowest BCUT2D eigenvalue weighted by Gasteiger charge is -2.20. The molecular formula is C19H19N3O3S3. The molecule has 6 nitrogen and oxygen atoms in total. The number of hydrogen-bond donors (Lipinski definition) is 0. The molecule has 1 amide bonds. The van der Waals surface area contributed by atoms with Gasteiger partial charge in [0.05, 0.1) is 10.2 Å². The van der Waals surface area contributed by atoms with Crippen LogP contribution in [0.1, 0.15) is 12.8 Å². The summed E-state index contributed by atoms with van der Waals surface area (Å²) in [6, 6.07) is 10.3. The maximum Gasteiger partial charge on any atom is 0.266 e. The summed E-state index contributed by atoms with van der Waals surface area (Å²) < 4.78 is 30.3. The van der Waals surface area contributed by atoms with Crippen LogP contribution in [-0.2, 0) is 21.4 Å². The summed E-state index contributed by atoms with van der Waals surface area (Å²) in [4.78, 5) is 17.9. The molecule has 9 heteroatoms. The number of nitrogens with zero attached hydrogens (tertiary/aromatic N) is 3. The first kappa shape index (κ1) is 19.3. The van der Waals surface area contributed by atoms with E-state index in [9.17, 15) is 13.2 Å². The summed E-state index contributed by atoms with van der Waals surface area (Å²) in [6.45, 7) is 4.65. The minimum Gasteiger partial charge on any atom is -0.313 e. The molecule has 3 aromatic rings. The number of para-hydroxylation sites is 1. The van der Waals surface area contributed by atoms with Gasteiger partial charge >= 0.3 is 0 Å². The molecule has 0 aliphatic carbocycles. The van der Waals surface area contributed by atoms with Crippen LogP contribution in [0.4, 0.5) is 0 Å². The smallest absolute Gasteiger partial charge is 0.266 e. The fourth-order valence-electron chi connectivity index (χ4n) is 3.38. The fourth-order valence-corrected chi connectivity index (χ4v) is 7.20. The Balaban J connectivity index is 1.73. The number of carbonyl (C=O) groups is 1. The van der Waals surface area contributed by atoms with Crippen LogP contribution in [0.15, 0.2) is 63.6 Å². The molecule has 0 N–H and O–H groups in total. The van der Waals surface area contributed by atoms with E-state index in [-0.39, 0.29) is 4.21 Å². The molecule has 1 aliphatic rings. The van der Waals surface area contributed by atoms with Crippen LogP contribution in [-0.4, -0.2) is 35.8 Å². The Kier molecular flexibility index (Phi) is 5.33. The Morgan fingerprint density at radius 1 is 1.29 bits per heavy atom. The summed E-state index contributed by atoms with van der Waals surface area (Å²) >= 11 is 2.58. The van der Waals surface area contributed by atoms with E-state index < -0.39 is 22.0 Å². The van der Waals surface area contributed by atoms with Crippen LogP contribution >= 0.6 is 22.7 Å². The third-order valence-electron chi connectivity index (χ3n) is 4.65. The highest BCUT2D eigenvalue weighted by molar-refractivity contribution is 7.91. The molecule has 3 heterocycles. The monoisotopic (exact) mass is 433 g/mol. The average Bonchev–Trinajstić information content (AvgIpc) is 3.43. The van der Waals surface area contributed by atoms with Crippen LogP contribution in [0, 0.1) is 0 Å². The lowest BCUT2D eigenvalue weighted by atomic mass is 10.2. The number of thiophene rings is 1. The number of fused-ring (bicyclic) bond motifs is 1. The van der Waals surface area contributed by atoms with E-state index in [1.807, 2.05) is 28.8 Å². The topological polar surface area (TPSA) is 71.7 Å². The molecule has 1 fully saturated rings. The summed E-state index contributed by atoms with van der Waals surface area (Å²) in [5, 5.41) is 1.72. The van der Waals surface area contributed by atoms with Crippen molar-refractivity contribution in [2.24, 2.45) is 4.99 Å². The van der Waals surface area contributed by atoms with Crippen molar-refractivity contribution in [1.82, 2.24) is 8.87 Å². The van der Waals surface area contributed by atoms with E-state index in [1.165, 1.54) is 15.6 Å². The summed E-state index contributed by atoms with van der Waals surface area (Å²) in [5.41, 5.74) is 0.980. The molecule has 0 saturated carbocycles. The second-order valence-electron chi connectivity index (χ2n) is 6.41. The van der Waals surface area contributed by atoms with Crippen LogP contribution in [0.25, 0.3) is 10.2 Å². The SMILES string of the molecule is C=CCn1c(=NC(=O)C2CCCN2S(=O)(=O)c2cccs2)sc2ccccc21. The van der Waals surface area contributed by atoms with Crippen molar-refractivity contribution in [2.75, 3.05) is 6.54 Å². The fraction of sp³-hybridized carbons (Fsp3) is 0.263. The molecule has 0 bridgehead atoms. The second-order valence-corrected chi connectivity index (χ2v) is 10.5. The number of hydrogen-bond acceptors (Lipinski definition) is 5. The molecule has 0 radical (unpaired) electrons. The van der Waals surface area contributed by atoms with Gasteiger partial charge in [-0.15, -0.1) is 17.9 Å². The Morgan fingerprint density at radius 2 is 2.11 bits per heavy atom. The predicted molar refractivity (Wildman–Crippen MR) is 112 cm³/mol. The number of amides is 1. The first-order valence-electron chi connectivity index (χ1n) is 8.85. The first-order chi connectivity index (χ1) is 13.5. The average molecular weight is 434 g/mol. The number of thiazole rings is 1. The van der Waals surface area contributed by atoms with Gasteiger partial charge in [0.1, 0.15) is 10.3 Å². The third kappa shape index (κ3) is 3.39. The van der Waals surface area contributed by atoms with Crippen LogP contribution < -0.4 is 4.80 Å². The van der Waals surface area contributed by atoms with E-state index in [2.05, 4.69) is 11.6 Å². The van der Waals surface area contributed by atoms with Crippen molar-refractivity contribution in [3.63, 3.8) is 0 Å². The van der Waals surface area contributed by atoms with Crippen LogP contribution in [0.3, 0.4) is 0 Å². The van der Waals surface area contributed by atoms with E-state index >= 15 is 0 Å². The molecule has 1 aliphatic heterocycles. The van der Waals surface area contributed by atoms with Crippen molar-refractivity contribution in [3.8, 4) is 0 Å². The molecule has 4 rings (SSSR count). The number of rotatable bonds is 5. The highest BCUT2D eigenvalue weighted by Crippen LogP contribution is 2.29. The quantitative estimate of drug-likeness (QED) is 0.580. The molecule has 1 atom stereocenters. The second kappa shape index (κ2) is 7.75. The first-order valence-corrected chi connectivity index (χ1v) is 12.0. The molecule has 0 spiro atoms. The predicted octanol–water partition coefficient (Wildman–Crippen LogP) is 3.23. The lowest BCUT2D eigenvalue weighted by molar-refractivity contribution is -0.121. The molecule has 146 valence electrons. The lowest BCUT2D eigenvalue weighted by Crippen LogP contribution is -2.40.